The van der Waals surface area contributed by atoms with Gasteiger partial charge in [0, 0.05) is 31.7 Å². The van der Waals surface area contributed by atoms with Gasteiger partial charge in [-0.15, -0.1) is 0 Å². The minimum absolute atomic E-state index is 0.0110. The van der Waals surface area contributed by atoms with E-state index in [9.17, 15) is 14.7 Å². The summed E-state index contributed by atoms with van der Waals surface area (Å²) in [6.45, 7) is 5.23. The van der Waals surface area contributed by atoms with Gasteiger partial charge in [0.15, 0.2) is 0 Å². The van der Waals surface area contributed by atoms with Crippen LogP contribution in [0.25, 0.3) is 0 Å². The molecule has 1 aromatic rings. The molecule has 26 heavy (non-hydrogen) atoms. The molecule has 0 radical (unpaired) electrons. The first kappa shape index (κ1) is 17.5. The van der Waals surface area contributed by atoms with Gasteiger partial charge in [0.25, 0.3) is 5.91 Å². The molecule has 3 aliphatic heterocycles. The Bertz CT molecular complexity index is 740. The van der Waals surface area contributed by atoms with Crippen LogP contribution in [0.4, 0.5) is 0 Å². The Kier molecular flexibility index (Phi) is 4.46. The van der Waals surface area contributed by atoms with Gasteiger partial charge in [-0.25, -0.2) is 4.79 Å². The summed E-state index contributed by atoms with van der Waals surface area (Å²) < 4.78 is 10.9. The van der Waals surface area contributed by atoms with Crippen molar-refractivity contribution in [3.8, 4) is 0 Å². The van der Waals surface area contributed by atoms with E-state index in [0.29, 0.717) is 51.2 Å². The number of aliphatic hydroxyl groups excluding tert-OH is 1. The number of nitrogens with one attached hydrogen (secondary N) is 1. The third-order valence-corrected chi connectivity index (χ3v) is 5.84. The topological polar surface area (TPSA) is 88.1 Å². The van der Waals surface area contributed by atoms with E-state index in [1.54, 1.807) is 6.07 Å². The molecule has 0 aliphatic carbocycles. The monoisotopic (exact) mass is 360 g/mol. The van der Waals surface area contributed by atoms with Crippen molar-refractivity contribution in [3.63, 3.8) is 0 Å². The van der Waals surface area contributed by atoms with Crippen LogP contribution in [0.3, 0.4) is 0 Å². The standard InChI is InChI=1S/C19H24N2O5/c1-12-13(2-3-14-15(12)11-25-17(14)23)16(22)10-21-7-4-19(5-8-21)18(24)20-6-9-26-19/h2-3,16,22H,4-11H2,1H3,(H,20,24)/t16-/m0/s1. The highest BCUT2D eigenvalue weighted by Crippen LogP contribution is 2.32. The zero-order valence-corrected chi connectivity index (χ0v) is 14.9. The second-order valence-corrected chi connectivity index (χ2v) is 7.30. The molecule has 2 saturated heterocycles. The Balaban J connectivity index is 1.41. The molecule has 4 rings (SSSR count). The number of amides is 1. The van der Waals surface area contributed by atoms with Crippen LogP contribution in [0, 0.1) is 6.92 Å². The SMILES string of the molecule is Cc1c([C@@H](O)CN2CCC3(CC2)OCCNC3=O)ccc2c1COC2=O. The fourth-order valence-corrected chi connectivity index (χ4v) is 4.18. The van der Waals surface area contributed by atoms with Gasteiger partial charge in [-0.1, -0.05) is 6.07 Å². The number of morpholine rings is 1. The van der Waals surface area contributed by atoms with Crippen molar-refractivity contribution in [2.75, 3.05) is 32.8 Å². The lowest BCUT2D eigenvalue weighted by molar-refractivity contribution is -0.162. The average Bonchev–Trinajstić information content (AvgIpc) is 3.02. The van der Waals surface area contributed by atoms with Crippen molar-refractivity contribution >= 4 is 11.9 Å². The molecule has 3 aliphatic rings. The number of ether oxygens (including phenoxy) is 2. The summed E-state index contributed by atoms with van der Waals surface area (Å²) in [4.78, 5) is 26.0. The van der Waals surface area contributed by atoms with Crippen LogP contribution in [-0.2, 0) is 20.9 Å². The quantitative estimate of drug-likeness (QED) is 0.771. The molecule has 1 spiro atoms. The average molecular weight is 360 g/mol. The zero-order valence-electron chi connectivity index (χ0n) is 14.9. The van der Waals surface area contributed by atoms with E-state index in [0.717, 1.165) is 16.7 Å². The second kappa shape index (κ2) is 6.64. The molecule has 7 heteroatoms. The van der Waals surface area contributed by atoms with Crippen LogP contribution in [0.5, 0.6) is 0 Å². The highest BCUT2D eigenvalue weighted by atomic mass is 16.5. The van der Waals surface area contributed by atoms with E-state index in [1.807, 2.05) is 13.0 Å². The molecule has 1 atom stereocenters. The summed E-state index contributed by atoms with van der Waals surface area (Å²) in [6, 6.07) is 3.55. The molecule has 0 aromatic heterocycles. The zero-order chi connectivity index (χ0) is 18.3. The van der Waals surface area contributed by atoms with Crippen LogP contribution in [-0.4, -0.2) is 60.3 Å². The molecule has 2 N–H and O–H groups in total. The Morgan fingerprint density at radius 1 is 1.31 bits per heavy atom. The number of esters is 1. The van der Waals surface area contributed by atoms with E-state index < -0.39 is 11.7 Å². The molecule has 0 bridgehead atoms. The van der Waals surface area contributed by atoms with Gasteiger partial charge >= 0.3 is 5.97 Å². The lowest BCUT2D eigenvalue weighted by Gasteiger charge is -2.43. The normalized spacial score (nSPS) is 23.5. The number of aliphatic hydroxyl groups is 1. The largest absolute Gasteiger partial charge is 0.457 e. The number of fused-ring (bicyclic) bond motifs is 1. The number of benzene rings is 1. The first-order valence-electron chi connectivity index (χ1n) is 9.12. The maximum absolute atomic E-state index is 12.2. The van der Waals surface area contributed by atoms with Crippen LogP contribution in [0.1, 0.15) is 46.0 Å². The fraction of sp³-hybridized carbons (Fsp3) is 0.579. The van der Waals surface area contributed by atoms with E-state index in [2.05, 4.69) is 10.2 Å². The Hall–Kier alpha value is -1.96. The van der Waals surface area contributed by atoms with Crippen molar-refractivity contribution in [3.05, 3.63) is 34.4 Å². The molecule has 140 valence electrons. The smallest absolute Gasteiger partial charge is 0.338 e. The maximum atomic E-state index is 12.2. The number of piperidine rings is 1. The number of hydrogen-bond acceptors (Lipinski definition) is 6. The van der Waals surface area contributed by atoms with E-state index in [-0.39, 0.29) is 18.5 Å². The Morgan fingerprint density at radius 3 is 2.81 bits per heavy atom. The van der Waals surface area contributed by atoms with E-state index in [4.69, 9.17) is 9.47 Å². The van der Waals surface area contributed by atoms with Crippen molar-refractivity contribution in [1.82, 2.24) is 10.2 Å². The minimum Gasteiger partial charge on any atom is -0.457 e. The number of likely N-dealkylation sites (tertiary alicyclic amines) is 1. The minimum atomic E-state index is -0.694. The first-order chi connectivity index (χ1) is 12.5. The van der Waals surface area contributed by atoms with Gasteiger partial charge in [-0.05, 0) is 37.0 Å². The van der Waals surface area contributed by atoms with Crippen molar-refractivity contribution in [1.29, 1.82) is 0 Å². The molecule has 3 heterocycles. The summed E-state index contributed by atoms with van der Waals surface area (Å²) in [5, 5.41) is 13.6. The summed E-state index contributed by atoms with van der Waals surface area (Å²) in [5.41, 5.74) is 2.52. The van der Waals surface area contributed by atoms with Gasteiger partial charge in [-0.2, -0.15) is 0 Å². The lowest BCUT2D eigenvalue weighted by atomic mass is 9.88. The van der Waals surface area contributed by atoms with Crippen LogP contribution in [0.15, 0.2) is 12.1 Å². The summed E-state index contributed by atoms with van der Waals surface area (Å²) in [5.74, 6) is -0.306. The molecule has 0 unspecified atom stereocenters. The Morgan fingerprint density at radius 2 is 2.08 bits per heavy atom. The predicted molar refractivity (Wildman–Crippen MR) is 92.6 cm³/mol. The molecular formula is C19H24N2O5. The number of nitrogens with zero attached hydrogens (tertiary/aromatic N) is 1. The third kappa shape index (κ3) is 2.90. The van der Waals surface area contributed by atoms with Gasteiger partial charge in [0.2, 0.25) is 0 Å². The summed E-state index contributed by atoms with van der Waals surface area (Å²) in [7, 11) is 0. The van der Waals surface area contributed by atoms with E-state index in [1.165, 1.54) is 0 Å². The molecule has 2 fully saturated rings. The number of β-amino-alcohol motifs (C(OH)–C–C–N with tert-alkyl or cyclic N) is 1. The summed E-state index contributed by atoms with van der Waals surface area (Å²) in [6.07, 6.45) is 0.625. The number of hydrogen-bond donors (Lipinski definition) is 2. The highest BCUT2D eigenvalue weighted by molar-refractivity contribution is 5.94. The second-order valence-electron chi connectivity index (χ2n) is 7.30. The van der Waals surface area contributed by atoms with Crippen molar-refractivity contribution < 1.29 is 24.2 Å². The highest BCUT2D eigenvalue weighted by Gasteiger charge is 2.44. The summed E-state index contributed by atoms with van der Waals surface area (Å²) >= 11 is 0. The van der Waals surface area contributed by atoms with Crippen LogP contribution in [0.2, 0.25) is 0 Å². The van der Waals surface area contributed by atoms with Gasteiger partial charge in [0.1, 0.15) is 12.2 Å². The third-order valence-electron chi connectivity index (χ3n) is 5.84. The maximum Gasteiger partial charge on any atom is 0.338 e. The molecule has 7 nitrogen and oxygen atoms in total. The van der Waals surface area contributed by atoms with Crippen LogP contribution < -0.4 is 5.32 Å². The number of rotatable bonds is 3. The van der Waals surface area contributed by atoms with Crippen molar-refractivity contribution in [2.45, 2.75) is 38.1 Å². The van der Waals surface area contributed by atoms with Gasteiger partial charge in [-0.3, -0.25) is 4.79 Å². The van der Waals surface area contributed by atoms with Gasteiger partial charge in [0.05, 0.1) is 18.3 Å². The number of cyclic esters (lactones) is 1. The van der Waals surface area contributed by atoms with Crippen LogP contribution >= 0.6 is 0 Å². The number of carbonyl (C=O) groups excluding carboxylic acids is 2. The first-order valence-corrected chi connectivity index (χ1v) is 9.12. The van der Waals surface area contributed by atoms with Crippen molar-refractivity contribution in [2.24, 2.45) is 0 Å². The van der Waals surface area contributed by atoms with Gasteiger partial charge < -0.3 is 24.8 Å². The van der Waals surface area contributed by atoms with E-state index >= 15 is 0 Å². The fourth-order valence-electron chi connectivity index (χ4n) is 4.18. The lowest BCUT2D eigenvalue weighted by Crippen LogP contribution is -2.59. The molecule has 1 aromatic carbocycles. The molecular weight excluding hydrogens is 336 g/mol. The number of carbonyl (C=O) groups is 2. The molecule has 0 saturated carbocycles. The molecule has 1 amide bonds. The predicted octanol–water partition coefficient (Wildman–Crippen LogP) is 0.680. The Labute approximate surface area is 152 Å².